The van der Waals surface area contributed by atoms with Gasteiger partial charge in [-0.3, -0.25) is 24.0 Å². The van der Waals surface area contributed by atoms with Crippen molar-refractivity contribution in [1.29, 1.82) is 0 Å². The lowest BCUT2D eigenvalue weighted by atomic mass is 9.51. The number of ketones is 5. The van der Waals surface area contributed by atoms with E-state index in [0.29, 0.717) is 5.56 Å². The lowest BCUT2D eigenvalue weighted by Crippen LogP contribution is -2.72. The van der Waals surface area contributed by atoms with E-state index in [1.807, 2.05) is 27.7 Å². The molecule has 2 aliphatic carbocycles. The van der Waals surface area contributed by atoms with Gasteiger partial charge in [-0.05, 0) is 67.2 Å². The molecule has 9 nitrogen and oxygen atoms in total. The van der Waals surface area contributed by atoms with E-state index in [-0.39, 0.29) is 51.6 Å². The fourth-order valence-electron chi connectivity index (χ4n) is 8.85. The fraction of sp³-hybridized carbons (Fsp3) is 0.658. The highest BCUT2D eigenvalue weighted by Crippen LogP contribution is 2.66. The molecule has 1 aromatic carbocycles. The Labute approximate surface area is 277 Å². The first-order valence-corrected chi connectivity index (χ1v) is 16.7. The molecule has 0 bridgehead atoms. The third-order valence-electron chi connectivity index (χ3n) is 11.5. The number of ether oxygens (including phenoxy) is 2. The molecule has 47 heavy (non-hydrogen) atoms. The predicted octanol–water partition coefficient (Wildman–Crippen LogP) is 6.46. The zero-order valence-electron chi connectivity index (χ0n) is 30.2. The SMILES string of the molecule is CC(C)C(=O)c1c(O)c2c(c3c1O[C@]1(O)[C@H](C(=O)C(C)(C)C(=O)C1(C)C)[C@@H]3C(C)C)OC1=C(C(=O)C(C)(C)C(=O)C1(C)C)[C@@H]2C(C)C. The lowest BCUT2D eigenvalue weighted by Gasteiger charge is -2.58. The van der Waals surface area contributed by atoms with Crippen LogP contribution in [0.4, 0.5) is 0 Å². The van der Waals surface area contributed by atoms with Crippen LogP contribution in [0.3, 0.4) is 0 Å². The smallest absolute Gasteiger partial charge is 0.230 e. The first kappa shape index (κ1) is 35.0. The fourth-order valence-corrected chi connectivity index (χ4v) is 8.85. The number of aromatic hydroxyl groups is 1. The van der Waals surface area contributed by atoms with Gasteiger partial charge in [-0.1, -0.05) is 41.5 Å². The molecule has 2 N–H and O–H groups in total. The minimum Gasteiger partial charge on any atom is -0.507 e. The highest BCUT2D eigenvalue weighted by molar-refractivity contribution is 6.20. The van der Waals surface area contributed by atoms with Gasteiger partial charge in [0.05, 0.1) is 27.6 Å². The zero-order valence-corrected chi connectivity index (χ0v) is 30.2. The minimum atomic E-state index is -2.37. The first-order chi connectivity index (χ1) is 21.2. The molecule has 9 heteroatoms. The van der Waals surface area contributed by atoms with Gasteiger partial charge in [-0.2, -0.15) is 0 Å². The van der Waals surface area contributed by atoms with Crippen LogP contribution in [0.15, 0.2) is 11.3 Å². The highest BCUT2D eigenvalue weighted by Gasteiger charge is 2.72. The van der Waals surface area contributed by atoms with Crippen molar-refractivity contribution in [3.63, 3.8) is 0 Å². The average Bonchev–Trinajstić information content (AvgIpc) is 2.96. The lowest BCUT2D eigenvalue weighted by molar-refractivity contribution is -0.264. The molecule has 0 spiro atoms. The maximum Gasteiger partial charge on any atom is 0.230 e. The number of rotatable bonds is 4. The molecule has 2 heterocycles. The molecule has 4 aliphatic rings. The Morgan fingerprint density at radius 2 is 1.30 bits per heavy atom. The predicted molar refractivity (Wildman–Crippen MR) is 174 cm³/mol. The number of phenols is 1. The van der Waals surface area contributed by atoms with Gasteiger partial charge >= 0.3 is 0 Å². The van der Waals surface area contributed by atoms with E-state index in [9.17, 15) is 34.2 Å². The summed E-state index contributed by atoms with van der Waals surface area (Å²) < 4.78 is 13.2. The van der Waals surface area contributed by atoms with Gasteiger partial charge in [0.15, 0.2) is 28.9 Å². The van der Waals surface area contributed by atoms with Crippen LogP contribution < -0.4 is 9.47 Å². The summed E-state index contributed by atoms with van der Waals surface area (Å²) in [5, 5.41) is 24.8. The molecule has 0 unspecified atom stereocenters. The number of phenolic OH excluding ortho intramolecular Hbond substituents is 1. The molecular weight excluding hydrogens is 600 g/mol. The molecular formula is C38H50O9. The Hall–Kier alpha value is -3.33. The largest absolute Gasteiger partial charge is 0.507 e. The molecule has 0 amide bonds. The number of benzene rings is 1. The number of allylic oxidation sites excluding steroid dienone is 2. The summed E-state index contributed by atoms with van der Waals surface area (Å²) in [6.07, 6.45) is 0. The van der Waals surface area contributed by atoms with Gasteiger partial charge in [-0.15, -0.1) is 0 Å². The summed E-state index contributed by atoms with van der Waals surface area (Å²) in [5.41, 5.74) is -5.07. The Morgan fingerprint density at radius 3 is 1.79 bits per heavy atom. The van der Waals surface area contributed by atoms with E-state index in [0.717, 1.165) is 0 Å². The molecule has 0 aromatic heterocycles. The van der Waals surface area contributed by atoms with Crippen molar-refractivity contribution in [2.24, 2.45) is 45.3 Å². The van der Waals surface area contributed by atoms with E-state index < -0.39 is 80.0 Å². The Bertz CT molecular complexity index is 1700. The molecule has 256 valence electrons. The Kier molecular flexibility index (Phi) is 7.52. The summed E-state index contributed by atoms with van der Waals surface area (Å²) in [7, 11) is 0. The molecule has 0 radical (unpaired) electrons. The highest BCUT2D eigenvalue weighted by atomic mass is 16.6. The summed E-state index contributed by atoms with van der Waals surface area (Å²) in [6, 6.07) is 0. The topological polar surface area (TPSA) is 144 Å². The Morgan fingerprint density at radius 1 is 0.745 bits per heavy atom. The van der Waals surface area contributed by atoms with Crippen molar-refractivity contribution >= 4 is 28.9 Å². The monoisotopic (exact) mass is 650 g/mol. The summed E-state index contributed by atoms with van der Waals surface area (Å²) in [5.74, 6) is -9.09. The number of hydrogen-bond donors (Lipinski definition) is 2. The van der Waals surface area contributed by atoms with Crippen molar-refractivity contribution < 1.29 is 43.7 Å². The van der Waals surface area contributed by atoms with Gasteiger partial charge in [0.2, 0.25) is 5.79 Å². The van der Waals surface area contributed by atoms with E-state index in [4.69, 9.17) is 9.47 Å². The summed E-state index contributed by atoms with van der Waals surface area (Å²) in [4.78, 5) is 70.4. The summed E-state index contributed by atoms with van der Waals surface area (Å²) in [6.45, 7) is 23.7. The normalized spacial score (nSPS) is 30.0. The standard InChI is InChI=1S/C38H50O9/c1-15(2)18-20-26(40)23(25(39)17(5)6)28-21(27(20)46-31-22(18)29(41)34(7,8)32(43)36(31,11)12)19(16(3)4)24-30(42)35(9,10)33(44)37(13,14)38(24,45)47-28/h15-19,24,40,45H,1-14H3/t18-,19-,24+,38-/m1/s1. The first-order valence-electron chi connectivity index (χ1n) is 16.7. The van der Waals surface area contributed by atoms with E-state index in [1.54, 1.807) is 55.4 Å². The number of fused-ring (bicyclic) bond motifs is 4. The van der Waals surface area contributed by atoms with Crippen molar-refractivity contribution in [2.45, 2.75) is 115 Å². The second-order valence-electron chi connectivity index (χ2n) is 17.2. The molecule has 1 saturated carbocycles. The molecule has 0 saturated heterocycles. The van der Waals surface area contributed by atoms with Crippen LogP contribution in [0.5, 0.6) is 17.2 Å². The number of carbonyl (C=O) groups excluding carboxylic acids is 5. The van der Waals surface area contributed by atoms with Gasteiger partial charge in [0.25, 0.3) is 0 Å². The van der Waals surface area contributed by atoms with Crippen LogP contribution in [0.2, 0.25) is 0 Å². The zero-order chi connectivity index (χ0) is 35.9. The molecule has 5 rings (SSSR count). The van der Waals surface area contributed by atoms with Crippen molar-refractivity contribution in [3.8, 4) is 17.2 Å². The van der Waals surface area contributed by atoms with Crippen molar-refractivity contribution in [2.75, 3.05) is 0 Å². The maximum absolute atomic E-state index is 14.4. The van der Waals surface area contributed by atoms with E-state index in [2.05, 4.69) is 0 Å². The summed E-state index contributed by atoms with van der Waals surface area (Å²) >= 11 is 0. The number of carbonyl (C=O) groups is 5. The van der Waals surface area contributed by atoms with E-state index in [1.165, 1.54) is 13.8 Å². The number of aliphatic hydroxyl groups is 1. The third-order valence-corrected chi connectivity index (χ3v) is 11.5. The van der Waals surface area contributed by atoms with Crippen LogP contribution in [0, 0.1) is 45.3 Å². The molecule has 1 aromatic rings. The van der Waals surface area contributed by atoms with Crippen LogP contribution in [-0.2, 0) is 19.2 Å². The van der Waals surface area contributed by atoms with Gasteiger partial charge < -0.3 is 19.7 Å². The minimum absolute atomic E-state index is 0.115. The number of Topliss-reactive ketones (excluding diaryl/α,β-unsaturated/α-hetero) is 5. The third kappa shape index (κ3) is 4.13. The van der Waals surface area contributed by atoms with Gasteiger partial charge in [-0.25, -0.2) is 0 Å². The van der Waals surface area contributed by atoms with E-state index >= 15 is 0 Å². The van der Waals surface area contributed by atoms with Crippen LogP contribution >= 0.6 is 0 Å². The van der Waals surface area contributed by atoms with Crippen molar-refractivity contribution in [3.05, 3.63) is 28.0 Å². The maximum atomic E-state index is 14.4. The average molecular weight is 651 g/mol. The van der Waals surface area contributed by atoms with Crippen LogP contribution in [0.25, 0.3) is 0 Å². The second-order valence-corrected chi connectivity index (χ2v) is 17.2. The number of hydrogen-bond acceptors (Lipinski definition) is 9. The molecule has 2 aliphatic heterocycles. The Balaban J connectivity index is 2.00. The quantitative estimate of drug-likeness (QED) is 0.277. The second kappa shape index (κ2) is 10.1. The van der Waals surface area contributed by atoms with Crippen LogP contribution in [-0.4, -0.2) is 44.9 Å². The molecule has 4 atom stereocenters. The molecule has 1 fully saturated rings. The van der Waals surface area contributed by atoms with Crippen molar-refractivity contribution in [1.82, 2.24) is 0 Å². The van der Waals surface area contributed by atoms with Gasteiger partial charge in [0.1, 0.15) is 28.6 Å². The van der Waals surface area contributed by atoms with Gasteiger partial charge in [0, 0.05) is 34.5 Å². The van der Waals surface area contributed by atoms with Crippen LogP contribution in [0.1, 0.15) is 130 Å².